The fourth-order valence-electron chi connectivity index (χ4n) is 2.63. The van der Waals surface area contributed by atoms with Crippen LogP contribution >= 0.6 is 0 Å². The Labute approximate surface area is 170 Å². The van der Waals surface area contributed by atoms with E-state index in [2.05, 4.69) is 23.5 Å². The molecular weight excluding hydrogens is 382 g/mol. The van der Waals surface area contributed by atoms with Gasteiger partial charge in [0.25, 0.3) is 0 Å². The topological polar surface area (TPSA) is 90.0 Å². The van der Waals surface area contributed by atoms with Gasteiger partial charge in [0.05, 0.1) is 19.9 Å². The van der Waals surface area contributed by atoms with Gasteiger partial charge < -0.3 is 9.47 Å². The standard InChI is InChI=1S/C20H35NO6S/c1-5-6-9-13-19(27-18(2)22)14-12-17-21(28(4,24)25)16-11-8-7-10-15-20(23)26-3/h19H,5-7,9-10,12-17H2,1-4H3/t19-/m0/s1. The van der Waals surface area contributed by atoms with E-state index in [0.717, 1.165) is 31.9 Å². The van der Waals surface area contributed by atoms with E-state index in [0.29, 0.717) is 38.6 Å². The number of rotatable bonds is 14. The van der Waals surface area contributed by atoms with Gasteiger partial charge in [-0.3, -0.25) is 9.59 Å². The quantitative estimate of drug-likeness (QED) is 0.245. The summed E-state index contributed by atoms with van der Waals surface area (Å²) in [6, 6.07) is 0. The minimum Gasteiger partial charge on any atom is -0.469 e. The van der Waals surface area contributed by atoms with Gasteiger partial charge in [0.15, 0.2) is 0 Å². The summed E-state index contributed by atoms with van der Waals surface area (Å²) in [4.78, 5) is 22.3. The zero-order valence-electron chi connectivity index (χ0n) is 17.7. The van der Waals surface area contributed by atoms with Gasteiger partial charge in [0.1, 0.15) is 6.10 Å². The smallest absolute Gasteiger partial charge is 0.305 e. The molecule has 0 saturated carbocycles. The second-order valence-corrected chi connectivity index (χ2v) is 8.73. The minimum atomic E-state index is -3.37. The number of hydrogen-bond acceptors (Lipinski definition) is 6. The van der Waals surface area contributed by atoms with Gasteiger partial charge in [-0.25, -0.2) is 8.42 Å². The summed E-state index contributed by atoms with van der Waals surface area (Å²) >= 11 is 0. The highest BCUT2D eigenvalue weighted by molar-refractivity contribution is 7.88. The molecule has 0 aromatic carbocycles. The molecule has 0 aromatic rings. The van der Waals surface area contributed by atoms with E-state index in [4.69, 9.17) is 4.74 Å². The van der Waals surface area contributed by atoms with Crippen molar-refractivity contribution >= 4 is 22.0 Å². The SMILES string of the molecule is CCCCC[C@@H](CCCN(CC#CCCCC(=O)OC)S(C)(=O)=O)OC(C)=O. The molecule has 0 fully saturated rings. The molecule has 0 aliphatic rings. The molecule has 0 aliphatic carbocycles. The van der Waals surface area contributed by atoms with Gasteiger partial charge >= 0.3 is 11.9 Å². The van der Waals surface area contributed by atoms with E-state index in [1.54, 1.807) is 0 Å². The number of unbranched alkanes of at least 4 members (excludes halogenated alkanes) is 3. The predicted octanol–water partition coefficient (Wildman–Crippen LogP) is 2.89. The van der Waals surface area contributed by atoms with Crippen LogP contribution in [-0.4, -0.2) is 57.2 Å². The molecule has 0 unspecified atom stereocenters. The van der Waals surface area contributed by atoms with Crippen molar-refractivity contribution in [2.24, 2.45) is 0 Å². The number of ether oxygens (including phenoxy) is 2. The van der Waals surface area contributed by atoms with Crippen LogP contribution in [0.1, 0.15) is 71.6 Å². The summed E-state index contributed by atoms with van der Waals surface area (Å²) in [5.41, 5.74) is 0. The first-order valence-corrected chi connectivity index (χ1v) is 11.7. The third-order valence-electron chi connectivity index (χ3n) is 4.16. The van der Waals surface area contributed by atoms with Crippen molar-refractivity contribution in [1.82, 2.24) is 4.31 Å². The maximum atomic E-state index is 12.0. The fourth-order valence-corrected chi connectivity index (χ4v) is 3.39. The van der Waals surface area contributed by atoms with E-state index < -0.39 is 10.0 Å². The molecule has 0 rings (SSSR count). The van der Waals surface area contributed by atoms with E-state index >= 15 is 0 Å². The van der Waals surface area contributed by atoms with Gasteiger partial charge in [-0.2, -0.15) is 4.31 Å². The van der Waals surface area contributed by atoms with Gasteiger partial charge in [-0.15, -0.1) is 5.92 Å². The van der Waals surface area contributed by atoms with Crippen molar-refractivity contribution < 1.29 is 27.5 Å². The van der Waals surface area contributed by atoms with Crippen molar-refractivity contribution in [2.75, 3.05) is 26.5 Å². The zero-order valence-corrected chi connectivity index (χ0v) is 18.5. The third-order valence-corrected chi connectivity index (χ3v) is 5.41. The number of hydrogen-bond donors (Lipinski definition) is 0. The van der Waals surface area contributed by atoms with Crippen LogP contribution in [0.5, 0.6) is 0 Å². The van der Waals surface area contributed by atoms with E-state index in [9.17, 15) is 18.0 Å². The largest absolute Gasteiger partial charge is 0.469 e. The number of carbonyl (C=O) groups excluding carboxylic acids is 2. The van der Waals surface area contributed by atoms with Crippen LogP contribution in [0.15, 0.2) is 0 Å². The molecule has 0 N–H and O–H groups in total. The van der Waals surface area contributed by atoms with Crippen molar-refractivity contribution in [3.8, 4) is 11.8 Å². The Hall–Kier alpha value is -1.59. The van der Waals surface area contributed by atoms with Crippen LogP contribution in [-0.2, 0) is 29.1 Å². The average molecular weight is 418 g/mol. The minimum absolute atomic E-state index is 0.116. The van der Waals surface area contributed by atoms with Crippen molar-refractivity contribution in [1.29, 1.82) is 0 Å². The zero-order chi connectivity index (χ0) is 21.4. The molecule has 0 amide bonds. The van der Waals surface area contributed by atoms with Crippen LogP contribution in [0.4, 0.5) is 0 Å². The lowest BCUT2D eigenvalue weighted by Gasteiger charge is -2.20. The lowest BCUT2D eigenvalue weighted by Crippen LogP contribution is -2.32. The Morgan fingerprint density at radius 1 is 1.07 bits per heavy atom. The van der Waals surface area contributed by atoms with Crippen LogP contribution in [0.3, 0.4) is 0 Å². The Kier molecular flexibility index (Phi) is 14.5. The Morgan fingerprint density at radius 2 is 1.75 bits per heavy atom. The molecular formula is C20H35NO6S. The van der Waals surface area contributed by atoms with Crippen molar-refractivity contribution in [2.45, 2.75) is 77.7 Å². The Balaban J connectivity index is 4.47. The lowest BCUT2D eigenvalue weighted by atomic mass is 10.1. The summed E-state index contributed by atoms with van der Waals surface area (Å²) in [6.45, 7) is 3.96. The fraction of sp³-hybridized carbons (Fsp3) is 0.800. The highest BCUT2D eigenvalue weighted by atomic mass is 32.2. The van der Waals surface area contributed by atoms with E-state index in [1.807, 2.05) is 0 Å². The number of carbonyl (C=O) groups is 2. The van der Waals surface area contributed by atoms with E-state index in [1.165, 1.54) is 18.3 Å². The molecule has 7 nitrogen and oxygen atoms in total. The molecule has 28 heavy (non-hydrogen) atoms. The molecule has 0 spiro atoms. The van der Waals surface area contributed by atoms with Crippen LogP contribution in [0.2, 0.25) is 0 Å². The van der Waals surface area contributed by atoms with Crippen LogP contribution < -0.4 is 0 Å². The van der Waals surface area contributed by atoms with Crippen molar-refractivity contribution in [3.63, 3.8) is 0 Å². The first-order valence-electron chi connectivity index (χ1n) is 9.85. The molecule has 0 heterocycles. The second-order valence-electron chi connectivity index (χ2n) is 6.75. The second kappa shape index (κ2) is 15.3. The van der Waals surface area contributed by atoms with Crippen LogP contribution in [0, 0.1) is 11.8 Å². The molecule has 0 aliphatic heterocycles. The van der Waals surface area contributed by atoms with Gasteiger partial charge in [0, 0.05) is 26.3 Å². The summed E-state index contributed by atoms with van der Waals surface area (Å²) in [5, 5.41) is 0. The molecule has 8 heteroatoms. The highest BCUT2D eigenvalue weighted by Gasteiger charge is 2.17. The normalized spacial score (nSPS) is 12.2. The maximum absolute atomic E-state index is 12.0. The molecule has 0 radical (unpaired) electrons. The van der Waals surface area contributed by atoms with Crippen LogP contribution in [0.25, 0.3) is 0 Å². The summed E-state index contributed by atoms with van der Waals surface area (Å²) in [6.07, 6.45) is 7.57. The van der Waals surface area contributed by atoms with Gasteiger partial charge in [-0.1, -0.05) is 25.7 Å². The van der Waals surface area contributed by atoms with Gasteiger partial charge in [-0.05, 0) is 32.1 Å². The third kappa shape index (κ3) is 14.5. The van der Waals surface area contributed by atoms with Crippen molar-refractivity contribution in [3.05, 3.63) is 0 Å². The lowest BCUT2D eigenvalue weighted by molar-refractivity contribution is -0.147. The molecule has 162 valence electrons. The Bertz CT molecular complexity index is 620. The predicted molar refractivity (Wildman–Crippen MR) is 109 cm³/mol. The Morgan fingerprint density at radius 3 is 2.32 bits per heavy atom. The first kappa shape index (κ1) is 26.4. The summed E-state index contributed by atoms with van der Waals surface area (Å²) in [5.74, 6) is 5.17. The molecule has 0 saturated heterocycles. The summed E-state index contributed by atoms with van der Waals surface area (Å²) in [7, 11) is -2.03. The number of nitrogens with zero attached hydrogens (tertiary/aromatic N) is 1. The molecule has 0 bridgehead atoms. The average Bonchev–Trinajstić information content (AvgIpc) is 2.61. The summed E-state index contributed by atoms with van der Waals surface area (Å²) < 4.78 is 35.1. The maximum Gasteiger partial charge on any atom is 0.305 e. The molecule has 0 aromatic heterocycles. The van der Waals surface area contributed by atoms with Gasteiger partial charge in [0.2, 0.25) is 10.0 Å². The highest BCUT2D eigenvalue weighted by Crippen LogP contribution is 2.14. The number of sulfonamides is 1. The molecule has 1 atom stereocenters. The monoisotopic (exact) mass is 417 g/mol. The number of esters is 2. The first-order chi connectivity index (χ1) is 13.2. The number of methoxy groups -OCH3 is 1. The van der Waals surface area contributed by atoms with E-state index in [-0.39, 0.29) is 24.6 Å².